The number of thiophene rings is 1. The maximum Gasteiger partial charge on any atom is 0.0798 e. The first kappa shape index (κ1) is 41.4. The Kier molecular flexibility index (Phi) is 13.3. The second-order valence-electron chi connectivity index (χ2n) is 16.8. The van der Waals surface area contributed by atoms with Crippen molar-refractivity contribution in [3.05, 3.63) is 138 Å². The molecular formula is C49H54IrN2SSi-2. The van der Waals surface area contributed by atoms with Gasteiger partial charge in [0, 0.05) is 37.2 Å². The molecule has 7 rings (SSSR count). The van der Waals surface area contributed by atoms with Crippen molar-refractivity contribution < 1.29 is 20.1 Å². The van der Waals surface area contributed by atoms with Crippen molar-refractivity contribution in [1.82, 2.24) is 9.97 Å². The maximum atomic E-state index is 4.74. The molecule has 0 bridgehead atoms. The topological polar surface area (TPSA) is 25.8 Å². The third kappa shape index (κ3) is 9.73. The molecule has 0 aliphatic carbocycles. The van der Waals surface area contributed by atoms with Gasteiger partial charge in [0.15, 0.2) is 0 Å². The zero-order valence-electron chi connectivity index (χ0n) is 33.6. The van der Waals surface area contributed by atoms with E-state index >= 15 is 0 Å². The van der Waals surface area contributed by atoms with Crippen LogP contribution < -0.4 is 5.19 Å². The summed E-state index contributed by atoms with van der Waals surface area (Å²) in [5, 5.41) is 4.09. The number of hydrogen-bond acceptors (Lipinski definition) is 3. The molecule has 0 spiro atoms. The Morgan fingerprint density at radius 1 is 0.741 bits per heavy atom. The Morgan fingerprint density at radius 3 is 2.13 bits per heavy atom. The molecule has 7 aromatic rings. The Balaban J connectivity index is 0.000000223. The van der Waals surface area contributed by atoms with Crippen LogP contribution in [0.5, 0.6) is 0 Å². The summed E-state index contributed by atoms with van der Waals surface area (Å²) in [6.07, 6.45) is 7.47. The van der Waals surface area contributed by atoms with E-state index in [0.717, 1.165) is 41.8 Å². The van der Waals surface area contributed by atoms with Crippen LogP contribution >= 0.6 is 11.3 Å². The predicted molar refractivity (Wildman–Crippen MR) is 234 cm³/mol. The summed E-state index contributed by atoms with van der Waals surface area (Å²) in [5.74, 6) is 0.582. The van der Waals surface area contributed by atoms with E-state index in [-0.39, 0.29) is 25.5 Å². The van der Waals surface area contributed by atoms with Gasteiger partial charge in [-0.05, 0) is 94.4 Å². The quantitative estimate of drug-likeness (QED) is 0.112. The average molecular weight is 923 g/mol. The molecule has 0 saturated heterocycles. The molecule has 0 amide bonds. The van der Waals surface area contributed by atoms with Gasteiger partial charge in [-0.25, -0.2) is 0 Å². The van der Waals surface area contributed by atoms with Crippen molar-refractivity contribution in [2.45, 2.75) is 93.3 Å². The van der Waals surface area contributed by atoms with Gasteiger partial charge in [-0.1, -0.05) is 124 Å². The Bertz CT molecular complexity index is 2320. The summed E-state index contributed by atoms with van der Waals surface area (Å²) in [6.45, 7) is 22.9. The van der Waals surface area contributed by atoms with E-state index in [1.165, 1.54) is 58.7 Å². The summed E-state index contributed by atoms with van der Waals surface area (Å²) in [5.41, 5.74) is 12.6. The Hall–Kier alpha value is -3.73. The van der Waals surface area contributed by atoms with Crippen molar-refractivity contribution in [3.8, 4) is 33.6 Å². The van der Waals surface area contributed by atoms with Crippen LogP contribution in [0.3, 0.4) is 0 Å². The molecule has 4 aromatic carbocycles. The van der Waals surface area contributed by atoms with Gasteiger partial charge in [0.05, 0.1) is 8.07 Å². The first-order valence-electron chi connectivity index (χ1n) is 19.1. The molecule has 5 heteroatoms. The van der Waals surface area contributed by atoms with Gasteiger partial charge in [0.2, 0.25) is 0 Å². The molecule has 0 saturated carbocycles. The normalized spacial score (nSPS) is 11.8. The molecule has 1 radical (unpaired) electrons. The first-order chi connectivity index (χ1) is 25.2. The van der Waals surface area contributed by atoms with E-state index in [1.54, 1.807) is 0 Å². The fraction of sp³-hybridized carbons (Fsp3) is 0.306. The largest absolute Gasteiger partial charge is 0.305 e. The number of hydrogen-bond donors (Lipinski definition) is 0. The van der Waals surface area contributed by atoms with E-state index in [0.29, 0.717) is 5.92 Å². The number of aryl methyl sites for hydroxylation is 2. The Morgan fingerprint density at radius 2 is 1.48 bits per heavy atom. The molecule has 3 aromatic heterocycles. The third-order valence-electron chi connectivity index (χ3n) is 9.99. The van der Waals surface area contributed by atoms with Crippen LogP contribution in [-0.4, -0.2) is 18.0 Å². The number of pyridine rings is 2. The molecule has 54 heavy (non-hydrogen) atoms. The molecule has 0 unspecified atom stereocenters. The van der Waals surface area contributed by atoms with Crippen LogP contribution in [0, 0.1) is 31.4 Å². The monoisotopic (exact) mass is 923 g/mol. The van der Waals surface area contributed by atoms with Crippen LogP contribution in [-0.2, 0) is 26.5 Å². The summed E-state index contributed by atoms with van der Waals surface area (Å²) in [4.78, 5) is 9.45. The summed E-state index contributed by atoms with van der Waals surface area (Å²) in [7, 11) is -1.37. The number of fused-ring (bicyclic) bond motifs is 3. The third-order valence-corrected chi connectivity index (χ3v) is 13.2. The second-order valence-corrected chi connectivity index (χ2v) is 22.9. The van der Waals surface area contributed by atoms with Gasteiger partial charge in [0.1, 0.15) is 0 Å². The molecule has 0 N–H and O–H groups in total. The SMILES string of the molecule is CC(C)(C)Cc1cc(-c2[c-]cccc2)ncc1[Si](C)(C)C.CCC(CC)c1ccnc(-c2[c-]ccc3c2sc2cc(-c4cc(C)cc(C)c4)ccc23)c1.[Ir]. The van der Waals surface area contributed by atoms with Gasteiger partial charge >= 0.3 is 0 Å². The molecule has 0 fully saturated rings. The molecule has 0 aliphatic rings. The summed E-state index contributed by atoms with van der Waals surface area (Å²) >= 11 is 1.85. The number of rotatable bonds is 8. The number of benzene rings is 4. The average Bonchev–Trinajstić information content (AvgIpc) is 3.50. The van der Waals surface area contributed by atoms with E-state index in [9.17, 15) is 0 Å². The van der Waals surface area contributed by atoms with Crippen molar-refractivity contribution in [1.29, 1.82) is 0 Å². The molecule has 2 nitrogen and oxygen atoms in total. The minimum Gasteiger partial charge on any atom is -0.305 e. The van der Waals surface area contributed by atoms with Crippen LogP contribution in [0.4, 0.5) is 0 Å². The van der Waals surface area contributed by atoms with E-state index in [2.05, 4.69) is 153 Å². The van der Waals surface area contributed by atoms with Crippen molar-refractivity contribution in [3.63, 3.8) is 0 Å². The maximum absolute atomic E-state index is 4.74. The Labute approximate surface area is 342 Å². The molecule has 281 valence electrons. The van der Waals surface area contributed by atoms with E-state index in [4.69, 9.17) is 9.97 Å². The van der Waals surface area contributed by atoms with Gasteiger partial charge in [-0.15, -0.1) is 59.7 Å². The van der Waals surface area contributed by atoms with Crippen LogP contribution in [0.15, 0.2) is 103 Å². The fourth-order valence-corrected chi connectivity index (χ4v) is 10.3. The van der Waals surface area contributed by atoms with Gasteiger partial charge in [-0.2, -0.15) is 11.3 Å². The molecule has 0 aliphatic heterocycles. The minimum absolute atomic E-state index is 0. The van der Waals surface area contributed by atoms with Crippen molar-refractivity contribution in [2.75, 3.05) is 0 Å². The zero-order valence-corrected chi connectivity index (χ0v) is 37.9. The second kappa shape index (κ2) is 17.4. The van der Waals surface area contributed by atoms with Crippen molar-refractivity contribution in [2.24, 2.45) is 5.41 Å². The summed E-state index contributed by atoms with van der Waals surface area (Å²) in [6, 6.07) is 39.5. The van der Waals surface area contributed by atoms with Gasteiger partial charge < -0.3 is 9.97 Å². The van der Waals surface area contributed by atoms with Crippen molar-refractivity contribution >= 4 is 44.8 Å². The molecule has 3 heterocycles. The number of aromatic nitrogens is 2. The minimum atomic E-state index is -1.37. The van der Waals surface area contributed by atoms with Crippen LogP contribution in [0.2, 0.25) is 19.6 Å². The zero-order chi connectivity index (χ0) is 37.9. The fourth-order valence-electron chi connectivity index (χ4n) is 7.44. The summed E-state index contributed by atoms with van der Waals surface area (Å²) < 4.78 is 2.59. The van der Waals surface area contributed by atoms with Gasteiger partial charge in [-0.3, -0.25) is 0 Å². The smallest absolute Gasteiger partial charge is 0.0798 e. The molecular weight excluding hydrogens is 869 g/mol. The van der Waals surface area contributed by atoms with E-state index < -0.39 is 8.07 Å². The van der Waals surface area contributed by atoms with E-state index in [1.807, 2.05) is 41.8 Å². The van der Waals surface area contributed by atoms with Crippen LogP contribution in [0.1, 0.15) is 75.6 Å². The molecule has 0 atom stereocenters. The van der Waals surface area contributed by atoms with Crippen LogP contribution in [0.25, 0.3) is 53.8 Å². The number of nitrogens with zero attached hydrogens (tertiary/aromatic N) is 2. The first-order valence-corrected chi connectivity index (χ1v) is 23.4. The standard InChI is InChI=1S/C30H28NS.C19H26NSi.Ir/c1-5-21(6-2)23-12-13-31-28(17-23)27-9-7-8-26-25-11-10-22(18-29(25)32-30(26)27)24-15-19(3)14-20(4)16-24;1-19(2,3)13-16-12-17(15-10-8-7-9-11-15)20-14-18(16)21(4,5)6;/h7-8,10-18,21H,5-6H2,1-4H3;7-10,12,14H,13H2,1-6H3;/q2*-1;. The van der Waals surface area contributed by atoms with Gasteiger partial charge in [0.25, 0.3) is 0 Å². The predicted octanol–water partition coefficient (Wildman–Crippen LogP) is 13.8.